The fourth-order valence-corrected chi connectivity index (χ4v) is 3.60. The normalized spacial score (nSPS) is 19.5. The lowest BCUT2D eigenvalue weighted by atomic mass is 9.96. The van der Waals surface area contributed by atoms with Crippen LogP contribution in [-0.2, 0) is 17.9 Å². The molecule has 1 amide bonds. The first-order chi connectivity index (χ1) is 12.1. The Bertz CT molecular complexity index is 658. The van der Waals surface area contributed by atoms with Crippen LogP contribution in [0, 0.1) is 5.92 Å². The molecule has 1 fully saturated rings. The SMILES string of the molecule is C[C@H](C(=O)N(C)Cc1ccccc1)N1CCC[C@H](Cn2cncn2)C1. The number of hydrogen-bond donors (Lipinski definition) is 0. The zero-order chi connectivity index (χ0) is 17.6. The first-order valence-corrected chi connectivity index (χ1v) is 8.99. The second kappa shape index (κ2) is 8.25. The Morgan fingerprint density at radius 1 is 1.36 bits per heavy atom. The van der Waals surface area contributed by atoms with Gasteiger partial charge in [-0.05, 0) is 37.8 Å². The van der Waals surface area contributed by atoms with Gasteiger partial charge in [0, 0.05) is 26.7 Å². The highest BCUT2D eigenvalue weighted by Crippen LogP contribution is 2.21. The van der Waals surface area contributed by atoms with Crippen molar-refractivity contribution < 1.29 is 4.79 Å². The van der Waals surface area contributed by atoms with Crippen molar-refractivity contribution in [3.63, 3.8) is 0 Å². The maximum Gasteiger partial charge on any atom is 0.239 e. The van der Waals surface area contributed by atoms with Crippen molar-refractivity contribution in [1.82, 2.24) is 24.6 Å². The van der Waals surface area contributed by atoms with Crippen LogP contribution < -0.4 is 0 Å². The zero-order valence-electron chi connectivity index (χ0n) is 15.1. The molecule has 0 bridgehead atoms. The fraction of sp³-hybridized carbons (Fsp3) is 0.526. The molecule has 1 aliphatic rings. The van der Waals surface area contributed by atoms with E-state index in [1.165, 1.54) is 6.42 Å². The van der Waals surface area contributed by atoms with E-state index in [4.69, 9.17) is 0 Å². The monoisotopic (exact) mass is 341 g/mol. The summed E-state index contributed by atoms with van der Waals surface area (Å²) in [6.45, 7) is 5.48. The lowest BCUT2D eigenvalue weighted by Gasteiger charge is -2.37. The van der Waals surface area contributed by atoms with E-state index in [0.717, 1.165) is 31.6 Å². The van der Waals surface area contributed by atoms with Gasteiger partial charge >= 0.3 is 0 Å². The third kappa shape index (κ3) is 4.66. The molecule has 3 rings (SSSR count). The number of hydrogen-bond acceptors (Lipinski definition) is 4. The summed E-state index contributed by atoms with van der Waals surface area (Å²) >= 11 is 0. The molecule has 0 N–H and O–H groups in total. The average molecular weight is 341 g/mol. The Labute approximate surface area is 149 Å². The number of amides is 1. The molecule has 1 aliphatic heterocycles. The lowest BCUT2D eigenvalue weighted by molar-refractivity contribution is -0.136. The van der Waals surface area contributed by atoms with Gasteiger partial charge in [-0.15, -0.1) is 0 Å². The molecular formula is C19H27N5O. The van der Waals surface area contributed by atoms with Gasteiger partial charge in [0.05, 0.1) is 6.04 Å². The molecule has 0 saturated carbocycles. The smallest absolute Gasteiger partial charge is 0.239 e. The molecule has 1 saturated heterocycles. The first kappa shape index (κ1) is 17.6. The van der Waals surface area contributed by atoms with Crippen LogP contribution in [0.25, 0.3) is 0 Å². The standard InChI is InChI=1S/C19H27N5O/c1-16(19(25)22(2)11-17-7-4-3-5-8-17)23-10-6-9-18(12-23)13-24-15-20-14-21-24/h3-5,7-8,14-16,18H,6,9-13H2,1-2H3/t16-,18+/m1/s1. The molecule has 2 atom stereocenters. The Hall–Kier alpha value is -2.21. The van der Waals surface area contributed by atoms with E-state index in [1.807, 2.05) is 41.8 Å². The minimum atomic E-state index is -0.0905. The highest BCUT2D eigenvalue weighted by Gasteiger charge is 2.29. The van der Waals surface area contributed by atoms with Gasteiger partial charge in [0.15, 0.2) is 0 Å². The molecule has 6 heteroatoms. The van der Waals surface area contributed by atoms with Crippen molar-refractivity contribution in [3.05, 3.63) is 48.5 Å². The number of nitrogens with zero attached hydrogens (tertiary/aromatic N) is 5. The summed E-state index contributed by atoms with van der Waals surface area (Å²) in [6, 6.07) is 10.0. The van der Waals surface area contributed by atoms with Crippen LogP contribution in [0.15, 0.2) is 43.0 Å². The molecule has 0 radical (unpaired) electrons. The maximum atomic E-state index is 12.8. The quantitative estimate of drug-likeness (QED) is 0.807. The average Bonchev–Trinajstić information content (AvgIpc) is 3.14. The Morgan fingerprint density at radius 2 is 2.16 bits per heavy atom. The molecular weight excluding hydrogens is 314 g/mol. The number of likely N-dealkylation sites (tertiary alicyclic amines) is 1. The predicted molar refractivity (Wildman–Crippen MR) is 96.7 cm³/mol. The van der Waals surface area contributed by atoms with Gasteiger partial charge in [-0.3, -0.25) is 14.4 Å². The highest BCUT2D eigenvalue weighted by atomic mass is 16.2. The molecule has 1 aromatic heterocycles. The summed E-state index contributed by atoms with van der Waals surface area (Å²) in [7, 11) is 1.89. The second-order valence-electron chi connectivity index (χ2n) is 6.98. The molecule has 0 aliphatic carbocycles. The summed E-state index contributed by atoms with van der Waals surface area (Å²) in [5.74, 6) is 0.704. The lowest BCUT2D eigenvalue weighted by Crippen LogP contribution is -2.49. The van der Waals surface area contributed by atoms with E-state index in [-0.39, 0.29) is 11.9 Å². The summed E-state index contributed by atoms with van der Waals surface area (Å²) in [6.07, 6.45) is 5.64. The van der Waals surface area contributed by atoms with Gasteiger partial charge < -0.3 is 4.90 Å². The van der Waals surface area contributed by atoms with Crippen LogP contribution in [-0.4, -0.2) is 56.7 Å². The molecule has 2 heterocycles. The number of benzene rings is 1. The van der Waals surface area contributed by atoms with Crippen LogP contribution in [0.2, 0.25) is 0 Å². The van der Waals surface area contributed by atoms with Crippen molar-refractivity contribution in [1.29, 1.82) is 0 Å². The van der Waals surface area contributed by atoms with E-state index in [2.05, 4.69) is 27.1 Å². The third-order valence-corrected chi connectivity index (χ3v) is 5.01. The van der Waals surface area contributed by atoms with Gasteiger partial charge in [-0.2, -0.15) is 5.10 Å². The maximum absolute atomic E-state index is 12.8. The molecule has 134 valence electrons. The number of aromatic nitrogens is 3. The van der Waals surface area contributed by atoms with Crippen LogP contribution in [0.3, 0.4) is 0 Å². The number of likely N-dealkylation sites (N-methyl/N-ethyl adjacent to an activating group) is 1. The van der Waals surface area contributed by atoms with Gasteiger partial charge in [-0.1, -0.05) is 30.3 Å². The topological polar surface area (TPSA) is 54.3 Å². The summed E-state index contributed by atoms with van der Waals surface area (Å²) in [4.78, 5) is 21.0. The van der Waals surface area contributed by atoms with Crippen LogP contribution in [0.1, 0.15) is 25.3 Å². The van der Waals surface area contributed by atoms with Crippen LogP contribution >= 0.6 is 0 Å². The fourth-order valence-electron chi connectivity index (χ4n) is 3.60. The van der Waals surface area contributed by atoms with Crippen molar-refractivity contribution in [2.75, 3.05) is 20.1 Å². The van der Waals surface area contributed by atoms with Crippen molar-refractivity contribution in [3.8, 4) is 0 Å². The summed E-state index contributed by atoms with van der Waals surface area (Å²) in [5.41, 5.74) is 1.16. The van der Waals surface area contributed by atoms with E-state index >= 15 is 0 Å². The molecule has 0 unspecified atom stereocenters. The van der Waals surface area contributed by atoms with Crippen molar-refractivity contribution in [2.45, 2.75) is 38.9 Å². The molecule has 25 heavy (non-hydrogen) atoms. The van der Waals surface area contributed by atoms with Gasteiger partial charge in [-0.25, -0.2) is 4.98 Å². The van der Waals surface area contributed by atoms with Gasteiger partial charge in [0.25, 0.3) is 0 Å². The third-order valence-electron chi connectivity index (χ3n) is 5.01. The van der Waals surface area contributed by atoms with Crippen LogP contribution in [0.4, 0.5) is 0 Å². The Balaban J connectivity index is 1.55. The number of rotatable bonds is 6. The van der Waals surface area contributed by atoms with Crippen LogP contribution in [0.5, 0.6) is 0 Å². The van der Waals surface area contributed by atoms with Gasteiger partial charge in [0.1, 0.15) is 12.7 Å². The predicted octanol–water partition coefficient (Wildman–Crippen LogP) is 2.04. The Morgan fingerprint density at radius 3 is 2.88 bits per heavy atom. The second-order valence-corrected chi connectivity index (χ2v) is 6.98. The largest absolute Gasteiger partial charge is 0.340 e. The van der Waals surface area contributed by atoms with E-state index in [0.29, 0.717) is 12.5 Å². The minimum absolute atomic E-state index is 0.0905. The highest BCUT2D eigenvalue weighted by molar-refractivity contribution is 5.81. The van der Waals surface area contributed by atoms with Gasteiger partial charge in [0.2, 0.25) is 5.91 Å². The number of carbonyl (C=O) groups excluding carboxylic acids is 1. The molecule has 6 nitrogen and oxygen atoms in total. The van der Waals surface area contributed by atoms with E-state index in [9.17, 15) is 4.79 Å². The summed E-state index contributed by atoms with van der Waals surface area (Å²) in [5, 5.41) is 4.20. The van der Waals surface area contributed by atoms with E-state index < -0.39 is 0 Å². The first-order valence-electron chi connectivity index (χ1n) is 8.99. The molecule has 2 aromatic rings. The number of carbonyl (C=O) groups is 1. The minimum Gasteiger partial charge on any atom is -0.340 e. The number of piperidine rings is 1. The molecule has 1 aromatic carbocycles. The zero-order valence-corrected chi connectivity index (χ0v) is 15.1. The van der Waals surface area contributed by atoms with E-state index in [1.54, 1.807) is 12.7 Å². The summed E-state index contributed by atoms with van der Waals surface area (Å²) < 4.78 is 1.89. The Kier molecular flexibility index (Phi) is 5.81. The van der Waals surface area contributed by atoms with Crippen molar-refractivity contribution >= 4 is 5.91 Å². The molecule has 0 spiro atoms. The van der Waals surface area contributed by atoms with Crippen molar-refractivity contribution in [2.24, 2.45) is 5.92 Å².